The maximum absolute atomic E-state index is 14.4. The fraction of sp³-hybridized carbons (Fsp3) is 0.200. The lowest BCUT2D eigenvalue weighted by Crippen LogP contribution is -2.46. The molecular formula is C35H25BrF6N6O2. The van der Waals surface area contributed by atoms with Gasteiger partial charge in [0.05, 0.1) is 35.4 Å². The van der Waals surface area contributed by atoms with Crippen molar-refractivity contribution in [3.05, 3.63) is 145 Å². The van der Waals surface area contributed by atoms with Crippen LogP contribution in [0.4, 0.5) is 26.3 Å². The van der Waals surface area contributed by atoms with E-state index in [-0.39, 0.29) is 28.6 Å². The van der Waals surface area contributed by atoms with Gasteiger partial charge in [-0.3, -0.25) is 14.2 Å². The second-order valence-corrected chi connectivity index (χ2v) is 12.8. The predicted molar refractivity (Wildman–Crippen MR) is 174 cm³/mol. The molecule has 8 nitrogen and oxygen atoms in total. The Labute approximate surface area is 288 Å². The number of aromatic nitrogens is 5. The summed E-state index contributed by atoms with van der Waals surface area (Å²) >= 11 is 2.92. The van der Waals surface area contributed by atoms with E-state index in [1.165, 1.54) is 27.8 Å². The molecule has 6 aromatic rings. The van der Waals surface area contributed by atoms with Crippen LogP contribution in [0.1, 0.15) is 50.9 Å². The summed E-state index contributed by atoms with van der Waals surface area (Å²) in [6.45, 7) is 1.63. The summed E-state index contributed by atoms with van der Waals surface area (Å²) in [5.41, 5.74) is 1.05. The topological polar surface area (TPSA) is 77.4 Å². The number of rotatable bonds is 5. The van der Waals surface area contributed by atoms with Gasteiger partial charge in [0.25, 0.3) is 11.5 Å². The third kappa shape index (κ3) is 5.99. The van der Waals surface area contributed by atoms with E-state index < -0.39 is 35.6 Å². The normalized spacial score (nSPS) is 15.0. The molecule has 0 bridgehead atoms. The highest BCUT2D eigenvalue weighted by atomic mass is 79.9. The first-order valence-electron chi connectivity index (χ1n) is 15.3. The molecule has 1 aliphatic heterocycles. The third-order valence-electron chi connectivity index (χ3n) is 8.71. The first kappa shape index (κ1) is 33.3. The van der Waals surface area contributed by atoms with E-state index in [9.17, 15) is 35.9 Å². The zero-order valence-corrected chi connectivity index (χ0v) is 27.6. The molecule has 1 amide bonds. The first-order valence-corrected chi connectivity index (χ1v) is 16.1. The van der Waals surface area contributed by atoms with Crippen molar-refractivity contribution >= 4 is 27.5 Å². The molecule has 0 N–H and O–H groups in total. The second-order valence-electron chi connectivity index (χ2n) is 12.0. The van der Waals surface area contributed by atoms with Gasteiger partial charge >= 0.3 is 12.4 Å². The molecule has 0 saturated carbocycles. The fourth-order valence-corrected chi connectivity index (χ4v) is 6.72. The number of carbonyl (C=O) groups excluding carboxylic acids is 1. The summed E-state index contributed by atoms with van der Waals surface area (Å²) < 4.78 is 84.5. The SMILES string of the molecule is CC1Cc2c(n3ncc(Cc4ccccc4)c3n(-c3ccc(-n4ccc(C(F)(F)F)n4)cc3)c2=O)CN1C(=O)c1ccc(Br)c(C(F)(F)F)c1. The smallest absolute Gasteiger partial charge is 0.330 e. The summed E-state index contributed by atoms with van der Waals surface area (Å²) in [6, 6.07) is 19.4. The van der Waals surface area contributed by atoms with Crippen LogP contribution in [-0.2, 0) is 31.7 Å². The number of hydrogen-bond donors (Lipinski definition) is 0. The molecule has 256 valence electrons. The van der Waals surface area contributed by atoms with Crippen LogP contribution in [0.25, 0.3) is 17.0 Å². The minimum absolute atomic E-state index is 0.0917. The minimum Gasteiger partial charge on any atom is -0.330 e. The Morgan fingerprint density at radius 2 is 1.62 bits per heavy atom. The third-order valence-corrected chi connectivity index (χ3v) is 9.41. The van der Waals surface area contributed by atoms with Crippen LogP contribution >= 0.6 is 15.9 Å². The molecule has 3 aromatic heterocycles. The molecule has 1 atom stereocenters. The second kappa shape index (κ2) is 12.3. The fourth-order valence-electron chi connectivity index (χ4n) is 6.25. The van der Waals surface area contributed by atoms with E-state index in [0.717, 1.165) is 22.4 Å². The molecule has 15 heteroatoms. The molecule has 50 heavy (non-hydrogen) atoms. The molecule has 0 fully saturated rings. The van der Waals surface area contributed by atoms with Crippen molar-refractivity contribution in [2.75, 3.05) is 0 Å². The van der Waals surface area contributed by atoms with Crippen LogP contribution in [-0.4, -0.2) is 40.8 Å². The van der Waals surface area contributed by atoms with Crippen LogP contribution in [0.5, 0.6) is 0 Å². The van der Waals surface area contributed by atoms with Crippen molar-refractivity contribution in [3.8, 4) is 11.4 Å². The van der Waals surface area contributed by atoms with Gasteiger partial charge in [0.2, 0.25) is 0 Å². The van der Waals surface area contributed by atoms with Gasteiger partial charge in [-0.25, -0.2) is 9.20 Å². The number of amides is 1. The largest absolute Gasteiger partial charge is 0.435 e. The average molecular weight is 756 g/mol. The predicted octanol–water partition coefficient (Wildman–Crippen LogP) is 7.65. The van der Waals surface area contributed by atoms with Crippen LogP contribution in [0.3, 0.4) is 0 Å². The van der Waals surface area contributed by atoms with Crippen LogP contribution in [0, 0.1) is 0 Å². The minimum atomic E-state index is -4.68. The summed E-state index contributed by atoms with van der Waals surface area (Å²) in [5, 5.41) is 8.26. The van der Waals surface area contributed by atoms with E-state index >= 15 is 0 Å². The van der Waals surface area contributed by atoms with Crippen LogP contribution < -0.4 is 5.56 Å². The molecule has 0 aliphatic carbocycles. The zero-order valence-electron chi connectivity index (χ0n) is 26.0. The molecule has 1 aliphatic rings. The van der Waals surface area contributed by atoms with Gasteiger partial charge in [0.1, 0.15) is 5.65 Å². The molecule has 0 spiro atoms. The molecule has 1 unspecified atom stereocenters. The highest BCUT2D eigenvalue weighted by Crippen LogP contribution is 2.36. The number of hydrogen-bond acceptors (Lipinski definition) is 4. The van der Waals surface area contributed by atoms with E-state index in [4.69, 9.17) is 0 Å². The maximum Gasteiger partial charge on any atom is 0.435 e. The summed E-state index contributed by atoms with van der Waals surface area (Å²) in [4.78, 5) is 29.6. The lowest BCUT2D eigenvalue weighted by atomic mass is 9.97. The van der Waals surface area contributed by atoms with Crippen LogP contribution in [0.2, 0.25) is 0 Å². The lowest BCUT2D eigenvalue weighted by Gasteiger charge is -2.35. The number of benzene rings is 3. The number of nitrogens with zero attached hydrogens (tertiary/aromatic N) is 6. The van der Waals surface area contributed by atoms with Crippen molar-refractivity contribution in [1.29, 1.82) is 0 Å². The van der Waals surface area contributed by atoms with Crippen molar-refractivity contribution in [2.45, 2.75) is 44.7 Å². The number of alkyl halides is 6. The van der Waals surface area contributed by atoms with Crippen molar-refractivity contribution in [2.24, 2.45) is 0 Å². The molecule has 0 saturated heterocycles. The Kier molecular flexibility index (Phi) is 8.20. The Hall–Kier alpha value is -5.18. The quantitative estimate of drug-likeness (QED) is 0.170. The van der Waals surface area contributed by atoms with Gasteiger partial charge in [-0.2, -0.15) is 36.5 Å². The average Bonchev–Trinajstić information content (AvgIpc) is 3.74. The summed E-state index contributed by atoms with van der Waals surface area (Å²) in [7, 11) is 0. The standard InChI is InChI=1S/C35H25BrF6N6O2/c1-20-15-26-29(19-45(20)32(49)22-7-12-28(36)27(17-22)34(37,38)39)48-31(23(18-43-48)16-21-5-3-2-4-6-21)47(33(26)50)25-10-8-24(9-11-25)46-14-13-30(44-46)35(40,41)42/h2-14,17-18,20H,15-16,19H2,1H3. The number of halogens is 7. The summed E-state index contributed by atoms with van der Waals surface area (Å²) in [6.07, 6.45) is -5.97. The van der Waals surface area contributed by atoms with Crippen LogP contribution in [0.15, 0.2) is 101 Å². The van der Waals surface area contributed by atoms with Gasteiger partial charge < -0.3 is 4.90 Å². The highest BCUT2D eigenvalue weighted by Gasteiger charge is 2.37. The highest BCUT2D eigenvalue weighted by molar-refractivity contribution is 9.10. The van der Waals surface area contributed by atoms with Crippen molar-refractivity contribution in [1.82, 2.24) is 28.9 Å². The van der Waals surface area contributed by atoms with E-state index in [1.54, 1.807) is 41.9 Å². The molecule has 7 rings (SSSR count). The van der Waals surface area contributed by atoms with E-state index in [1.807, 2.05) is 30.3 Å². The Morgan fingerprint density at radius 3 is 2.28 bits per heavy atom. The first-order chi connectivity index (χ1) is 23.7. The van der Waals surface area contributed by atoms with Gasteiger partial charge in [0.15, 0.2) is 5.69 Å². The molecule has 0 radical (unpaired) electrons. The number of fused-ring (bicyclic) bond motifs is 3. The Balaban J connectivity index is 1.33. The molecular weight excluding hydrogens is 730 g/mol. The van der Waals surface area contributed by atoms with E-state index in [2.05, 4.69) is 26.1 Å². The van der Waals surface area contributed by atoms with Crippen molar-refractivity contribution in [3.63, 3.8) is 0 Å². The van der Waals surface area contributed by atoms with Gasteiger partial charge in [-0.1, -0.05) is 46.3 Å². The van der Waals surface area contributed by atoms with E-state index in [0.29, 0.717) is 40.3 Å². The zero-order chi connectivity index (χ0) is 35.5. The Bertz CT molecular complexity index is 2310. The maximum atomic E-state index is 14.4. The van der Waals surface area contributed by atoms with Crippen molar-refractivity contribution < 1.29 is 31.1 Å². The van der Waals surface area contributed by atoms with Gasteiger partial charge in [-0.05, 0) is 67.4 Å². The van der Waals surface area contributed by atoms with Gasteiger partial charge in [0, 0.05) is 39.8 Å². The lowest BCUT2D eigenvalue weighted by molar-refractivity contribution is -0.141. The monoisotopic (exact) mass is 754 g/mol. The van der Waals surface area contributed by atoms with Gasteiger partial charge in [-0.15, -0.1) is 0 Å². The number of carbonyl (C=O) groups is 1. The Morgan fingerprint density at radius 1 is 0.920 bits per heavy atom. The summed E-state index contributed by atoms with van der Waals surface area (Å²) in [5.74, 6) is -0.627. The molecule has 3 aromatic carbocycles. The molecule has 4 heterocycles.